The largest absolute Gasteiger partial charge is 0.360 e. The van der Waals surface area contributed by atoms with E-state index in [1.54, 1.807) is 0 Å². The Bertz CT molecular complexity index is 364. The summed E-state index contributed by atoms with van der Waals surface area (Å²) in [5, 5.41) is 0. The number of rotatable bonds is 1. The van der Waals surface area contributed by atoms with Crippen LogP contribution in [0.15, 0.2) is 47.5 Å². The van der Waals surface area contributed by atoms with Gasteiger partial charge in [0, 0.05) is 16.8 Å². The highest BCUT2D eigenvalue weighted by Crippen LogP contribution is 2.19. The maximum Gasteiger partial charge on any atom is 0.0465 e. The van der Waals surface area contributed by atoms with Gasteiger partial charge >= 0.3 is 0 Å². The Morgan fingerprint density at radius 3 is 2.42 bits per heavy atom. The first-order chi connectivity index (χ1) is 5.86. The summed E-state index contributed by atoms with van der Waals surface area (Å²) in [6.07, 6.45) is 1.88. The van der Waals surface area contributed by atoms with Gasteiger partial charge in [0.1, 0.15) is 0 Å². The molecule has 0 spiro atoms. The van der Waals surface area contributed by atoms with E-state index in [0.29, 0.717) is 0 Å². The van der Waals surface area contributed by atoms with Crippen LogP contribution in [0, 0.1) is 0 Å². The van der Waals surface area contributed by atoms with Crippen molar-refractivity contribution in [3.63, 3.8) is 0 Å². The van der Waals surface area contributed by atoms with Gasteiger partial charge in [-0.1, -0.05) is 30.3 Å². The molecule has 2 aromatic rings. The van der Waals surface area contributed by atoms with E-state index in [0.717, 1.165) is 10.6 Å². The van der Waals surface area contributed by atoms with Crippen molar-refractivity contribution in [3.8, 4) is 11.3 Å². The van der Waals surface area contributed by atoms with Crippen molar-refractivity contribution in [1.29, 1.82) is 0 Å². The first-order valence-electron chi connectivity index (χ1n) is 3.79. The van der Waals surface area contributed by atoms with Gasteiger partial charge in [-0.2, -0.15) is 0 Å². The molecule has 1 aromatic heterocycles. The highest BCUT2D eigenvalue weighted by atomic mass is 32.1. The van der Waals surface area contributed by atoms with Gasteiger partial charge in [-0.3, -0.25) is 0 Å². The van der Waals surface area contributed by atoms with E-state index in [4.69, 9.17) is 0 Å². The molecule has 0 saturated heterocycles. The standard InChI is InChI=1S/C10H9NS/c12-9-6-10(11-7-9)8-4-2-1-3-5-8/h1-7,11-12H. The van der Waals surface area contributed by atoms with Crippen LogP contribution in [0.25, 0.3) is 11.3 Å². The average molecular weight is 175 g/mol. The fourth-order valence-electron chi connectivity index (χ4n) is 1.17. The molecule has 0 bridgehead atoms. The van der Waals surface area contributed by atoms with Crippen LogP contribution >= 0.6 is 12.6 Å². The maximum atomic E-state index is 4.22. The van der Waals surface area contributed by atoms with Gasteiger partial charge in [0.15, 0.2) is 0 Å². The lowest BCUT2D eigenvalue weighted by Crippen LogP contribution is -1.73. The topological polar surface area (TPSA) is 15.8 Å². The monoisotopic (exact) mass is 175 g/mol. The molecule has 0 saturated carbocycles. The first kappa shape index (κ1) is 7.50. The van der Waals surface area contributed by atoms with Gasteiger partial charge in [-0.25, -0.2) is 0 Å². The molecule has 0 fully saturated rings. The minimum Gasteiger partial charge on any atom is -0.360 e. The Morgan fingerprint density at radius 2 is 1.83 bits per heavy atom. The fraction of sp³-hybridized carbons (Fsp3) is 0. The SMILES string of the molecule is Sc1c[nH]c(-c2ccccc2)c1. The van der Waals surface area contributed by atoms with Gasteiger partial charge in [0.05, 0.1) is 0 Å². The molecule has 1 nitrogen and oxygen atoms in total. The third-order valence-corrected chi connectivity index (χ3v) is 2.01. The van der Waals surface area contributed by atoms with E-state index in [1.165, 1.54) is 5.56 Å². The maximum absolute atomic E-state index is 4.22. The first-order valence-corrected chi connectivity index (χ1v) is 4.24. The summed E-state index contributed by atoms with van der Waals surface area (Å²) in [6, 6.07) is 12.2. The lowest BCUT2D eigenvalue weighted by atomic mass is 10.2. The minimum absolute atomic E-state index is 0.967. The second-order valence-electron chi connectivity index (χ2n) is 2.64. The molecule has 1 aromatic carbocycles. The molecule has 0 aliphatic carbocycles. The van der Waals surface area contributed by atoms with Crippen LogP contribution < -0.4 is 0 Å². The minimum atomic E-state index is 0.967. The molecular formula is C10H9NS. The molecule has 2 heteroatoms. The summed E-state index contributed by atoms with van der Waals surface area (Å²) >= 11 is 4.22. The number of aromatic nitrogens is 1. The molecule has 0 unspecified atom stereocenters. The third-order valence-electron chi connectivity index (χ3n) is 1.75. The summed E-state index contributed by atoms with van der Waals surface area (Å²) in [7, 11) is 0. The second kappa shape index (κ2) is 3.07. The number of hydrogen-bond acceptors (Lipinski definition) is 1. The Labute approximate surface area is 76.9 Å². The zero-order chi connectivity index (χ0) is 8.39. The quantitative estimate of drug-likeness (QED) is 0.620. The number of aromatic amines is 1. The summed E-state index contributed by atoms with van der Waals surface area (Å²) in [4.78, 5) is 4.11. The van der Waals surface area contributed by atoms with Crippen LogP contribution in [-0.4, -0.2) is 4.98 Å². The van der Waals surface area contributed by atoms with Crippen LogP contribution in [0.2, 0.25) is 0 Å². The second-order valence-corrected chi connectivity index (χ2v) is 3.15. The Kier molecular flexibility index (Phi) is 1.92. The average Bonchev–Trinajstić information content (AvgIpc) is 2.54. The van der Waals surface area contributed by atoms with Crippen molar-refractivity contribution in [1.82, 2.24) is 4.98 Å². The number of hydrogen-bond donors (Lipinski definition) is 2. The molecule has 60 valence electrons. The van der Waals surface area contributed by atoms with Gasteiger partial charge in [-0.05, 0) is 11.6 Å². The molecule has 0 radical (unpaired) electrons. The van der Waals surface area contributed by atoms with Crippen molar-refractivity contribution < 1.29 is 0 Å². The lowest BCUT2D eigenvalue weighted by Gasteiger charge is -1.94. The van der Waals surface area contributed by atoms with E-state index in [2.05, 4.69) is 29.7 Å². The molecule has 1 heterocycles. The van der Waals surface area contributed by atoms with E-state index in [9.17, 15) is 0 Å². The van der Waals surface area contributed by atoms with E-state index < -0.39 is 0 Å². The van der Waals surface area contributed by atoms with Gasteiger partial charge in [0.25, 0.3) is 0 Å². The molecule has 0 atom stereocenters. The highest BCUT2D eigenvalue weighted by molar-refractivity contribution is 7.80. The Morgan fingerprint density at radius 1 is 1.08 bits per heavy atom. The highest BCUT2D eigenvalue weighted by Gasteiger charge is 1.97. The van der Waals surface area contributed by atoms with Crippen LogP contribution in [0.3, 0.4) is 0 Å². The van der Waals surface area contributed by atoms with Crippen LogP contribution in [-0.2, 0) is 0 Å². The summed E-state index contributed by atoms with van der Waals surface area (Å²) in [5.74, 6) is 0. The predicted molar refractivity (Wildman–Crippen MR) is 53.5 cm³/mol. The van der Waals surface area contributed by atoms with Crippen molar-refractivity contribution in [3.05, 3.63) is 42.6 Å². The molecule has 2 rings (SSSR count). The van der Waals surface area contributed by atoms with E-state index in [1.807, 2.05) is 30.5 Å². The van der Waals surface area contributed by atoms with E-state index >= 15 is 0 Å². The molecule has 1 N–H and O–H groups in total. The van der Waals surface area contributed by atoms with Crippen molar-refractivity contribution >= 4 is 12.6 Å². The Balaban J connectivity index is 2.45. The molecule has 0 aliphatic heterocycles. The molecule has 12 heavy (non-hydrogen) atoms. The molecule has 0 amide bonds. The van der Waals surface area contributed by atoms with Crippen LogP contribution in [0.4, 0.5) is 0 Å². The van der Waals surface area contributed by atoms with Crippen LogP contribution in [0.1, 0.15) is 0 Å². The summed E-state index contributed by atoms with van der Waals surface area (Å²) in [5.41, 5.74) is 2.30. The molecular weight excluding hydrogens is 166 g/mol. The Hall–Kier alpha value is -1.15. The molecule has 0 aliphatic rings. The number of benzene rings is 1. The number of H-pyrrole nitrogens is 1. The smallest absolute Gasteiger partial charge is 0.0465 e. The van der Waals surface area contributed by atoms with Gasteiger partial charge < -0.3 is 4.98 Å². The summed E-state index contributed by atoms with van der Waals surface area (Å²) < 4.78 is 0. The third kappa shape index (κ3) is 1.38. The van der Waals surface area contributed by atoms with E-state index in [-0.39, 0.29) is 0 Å². The predicted octanol–water partition coefficient (Wildman–Crippen LogP) is 2.97. The van der Waals surface area contributed by atoms with Gasteiger partial charge in [-0.15, -0.1) is 12.6 Å². The lowest BCUT2D eigenvalue weighted by molar-refractivity contribution is 1.37. The zero-order valence-electron chi connectivity index (χ0n) is 6.49. The number of thiol groups is 1. The van der Waals surface area contributed by atoms with Crippen molar-refractivity contribution in [2.45, 2.75) is 4.90 Å². The van der Waals surface area contributed by atoms with Gasteiger partial charge in [0.2, 0.25) is 0 Å². The van der Waals surface area contributed by atoms with Crippen molar-refractivity contribution in [2.75, 3.05) is 0 Å². The summed E-state index contributed by atoms with van der Waals surface area (Å²) in [6.45, 7) is 0. The zero-order valence-corrected chi connectivity index (χ0v) is 7.38. The number of nitrogens with one attached hydrogen (secondary N) is 1. The normalized spacial score (nSPS) is 10.1. The fourth-order valence-corrected chi connectivity index (χ4v) is 1.36. The van der Waals surface area contributed by atoms with Crippen molar-refractivity contribution in [2.24, 2.45) is 0 Å². The van der Waals surface area contributed by atoms with Crippen LogP contribution in [0.5, 0.6) is 0 Å².